The van der Waals surface area contributed by atoms with E-state index in [0.717, 1.165) is 37.2 Å². The molecule has 130 valence electrons. The fraction of sp³-hybridized carbons (Fsp3) is 0.450. The summed E-state index contributed by atoms with van der Waals surface area (Å²) >= 11 is 0. The monoisotopic (exact) mass is 346 g/mol. The van der Waals surface area contributed by atoms with Crippen LogP contribution in [-0.2, 0) is 4.79 Å². The van der Waals surface area contributed by atoms with Gasteiger partial charge in [-0.05, 0) is 54.0 Å². The third kappa shape index (κ3) is 4.28. The first kappa shape index (κ1) is 18.8. The summed E-state index contributed by atoms with van der Waals surface area (Å²) in [4.78, 5) is 12.5. The predicted molar refractivity (Wildman–Crippen MR) is 102 cm³/mol. The van der Waals surface area contributed by atoms with Crippen LogP contribution >= 0.6 is 12.4 Å². The fourth-order valence-corrected chi connectivity index (χ4v) is 3.51. The van der Waals surface area contributed by atoms with Crippen molar-refractivity contribution in [3.8, 4) is 0 Å². The predicted octanol–water partition coefficient (Wildman–Crippen LogP) is 4.20. The lowest BCUT2D eigenvalue weighted by Gasteiger charge is -2.27. The van der Waals surface area contributed by atoms with E-state index in [0.29, 0.717) is 6.54 Å². The summed E-state index contributed by atoms with van der Waals surface area (Å²) in [5.74, 6) is 1.08. The van der Waals surface area contributed by atoms with Crippen molar-refractivity contribution in [2.75, 3.05) is 6.54 Å². The van der Waals surface area contributed by atoms with Gasteiger partial charge in [-0.25, -0.2) is 0 Å². The zero-order valence-corrected chi connectivity index (χ0v) is 15.0. The first-order chi connectivity index (χ1) is 11.2. The number of hydrogen-bond acceptors (Lipinski definition) is 2. The van der Waals surface area contributed by atoms with Gasteiger partial charge in [0.2, 0.25) is 5.91 Å². The molecule has 0 aliphatic heterocycles. The quantitative estimate of drug-likeness (QED) is 0.871. The molecule has 2 aromatic carbocycles. The van der Waals surface area contributed by atoms with E-state index in [1.165, 1.54) is 10.8 Å². The highest BCUT2D eigenvalue weighted by atomic mass is 35.5. The Bertz CT molecular complexity index is 680. The molecule has 0 saturated heterocycles. The molecule has 1 saturated carbocycles. The molecule has 1 aliphatic carbocycles. The Morgan fingerprint density at radius 1 is 1.12 bits per heavy atom. The molecular weight excluding hydrogens is 320 g/mol. The second-order valence-corrected chi connectivity index (χ2v) is 6.86. The van der Waals surface area contributed by atoms with Crippen molar-refractivity contribution in [3.63, 3.8) is 0 Å². The van der Waals surface area contributed by atoms with Crippen LogP contribution in [0, 0.1) is 11.8 Å². The molecule has 1 unspecified atom stereocenters. The van der Waals surface area contributed by atoms with Gasteiger partial charge in [-0.2, -0.15) is 0 Å². The van der Waals surface area contributed by atoms with E-state index < -0.39 is 0 Å². The summed E-state index contributed by atoms with van der Waals surface area (Å²) in [5.41, 5.74) is 7.02. The molecule has 1 fully saturated rings. The number of benzene rings is 2. The van der Waals surface area contributed by atoms with Crippen molar-refractivity contribution in [3.05, 3.63) is 48.0 Å². The maximum absolute atomic E-state index is 12.5. The number of halogens is 1. The highest BCUT2D eigenvalue weighted by Gasteiger charge is 2.26. The van der Waals surface area contributed by atoms with Gasteiger partial charge in [0.25, 0.3) is 0 Å². The number of rotatable bonds is 4. The van der Waals surface area contributed by atoms with Crippen LogP contribution in [0.5, 0.6) is 0 Å². The Balaban J connectivity index is 0.00000208. The maximum Gasteiger partial charge on any atom is 0.223 e. The van der Waals surface area contributed by atoms with Crippen molar-refractivity contribution in [2.24, 2.45) is 17.6 Å². The molecule has 0 radical (unpaired) electrons. The summed E-state index contributed by atoms with van der Waals surface area (Å²) < 4.78 is 0. The van der Waals surface area contributed by atoms with Crippen LogP contribution in [0.15, 0.2) is 42.5 Å². The number of amides is 1. The van der Waals surface area contributed by atoms with Crippen molar-refractivity contribution in [2.45, 2.75) is 38.6 Å². The molecular formula is C20H27ClN2O. The van der Waals surface area contributed by atoms with Gasteiger partial charge in [0.15, 0.2) is 0 Å². The third-order valence-corrected chi connectivity index (χ3v) is 5.11. The molecule has 0 bridgehead atoms. The first-order valence-corrected chi connectivity index (χ1v) is 8.66. The highest BCUT2D eigenvalue weighted by molar-refractivity contribution is 5.85. The molecule has 1 aliphatic rings. The second kappa shape index (κ2) is 8.50. The van der Waals surface area contributed by atoms with Crippen LogP contribution in [0.3, 0.4) is 0 Å². The molecule has 3 nitrogen and oxygen atoms in total. The summed E-state index contributed by atoms with van der Waals surface area (Å²) in [7, 11) is 0. The van der Waals surface area contributed by atoms with E-state index in [-0.39, 0.29) is 30.3 Å². The minimum absolute atomic E-state index is 0. The van der Waals surface area contributed by atoms with E-state index in [1.807, 2.05) is 12.1 Å². The van der Waals surface area contributed by atoms with Crippen LogP contribution in [-0.4, -0.2) is 12.5 Å². The lowest BCUT2D eigenvalue weighted by atomic mass is 9.82. The first-order valence-electron chi connectivity index (χ1n) is 8.66. The third-order valence-electron chi connectivity index (χ3n) is 5.11. The number of nitrogens with two attached hydrogens (primary N) is 1. The standard InChI is InChI=1S/C20H26N2O.ClH/c1-14-6-8-16(9-7-14)20(23)22-19(13-21)18-11-10-15-4-2-3-5-17(15)12-18;/h2-5,10-12,14,16,19H,6-9,13,21H2,1H3,(H,22,23);1H. The molecule has 2 aromatic rings. The van der Waals surface area contributed by atoms with Crippen molar-refractivity contribution in [1.29, 1.82) is 0 Å². The largest absolute Gasteiger partial charge is 0.348 e. The molecule has 1 atom stereocenters. The van der Waals surface area contributed by atoms with E-state index in [4.69, 9.17) is 5.73 Å². The second-order valence-electron chi connectivity index (χ2n) is 6.86. The minimum atomic E-state index is -0.105. The molecule has 24 heavy (non-hydrogen) atoms. The van der Waals surface area contributed by atoms with E-state index in [9.17, 15) is 4.79 Å². The fourth-order valence-electron chi connectivity index (χ4n) is 3.51. The highest BCUT2D eigenvalue weighted by Crippen LogP contribution is 2.29. The number of carbonyl (C=O) groups is 1. The normalized spacial score (nSPS) is 21.8. The summed E-state index contributed by atoms with van der Waals surface area (Å²) in [6.07, 6.45) is 4.31. The molecule has 0 aromatic heterocycles. The van der Waals surface area contributed by atoms with Crippen molar-refractivity contribution < 1.29 is 4.79 Å². The summed E-state index contributed by atoms with van der Waals surface area (Å²) in [6.45, 7) is 2.69. The van der Waals surface area contributed by atoms with Crippen molar-refractivity contribution >= 4 is 29.1 Å². The SMILES string of the molecule is CC1CCC(C(=O)NC(CN)c2ccc3ccccc3c2)CC1.Cl. The Hall–Kier alpha value is -1.58. The Kier molecular flexibility index (Phi) is 6.64. The van der Waals surface area contributed by atoms with Crippen LogP contribution in [0.4, 0.5) is 0 Å². The zero-order valence-electron chi connectivity index (χ0n) is 14.2. The van der Waals surface area contributed by atoms with E-state index in [1.54, 1.807) is 0 Å². The lowest BCUT2D eigenvalue weighted by Crippen LogP contribution is -2.38. The van der Waals surface area contributed by atoms with Crippen molar-refractivity contribution in [1.82, 2.24) is 5.32 Å². The molecule has 1 amide bonds. The number of nitrogens with one attached hydrogen (secondary N) is 1. The molecule has 4 heteroatoms. The smallest absolute Gasteiger partial charge is 0.223 e. The summed E-state index contributed by atoms with van der Waals surface area (Å²) in [5, 5.41) is 5.56. The Morgan fingerprint density at radius 2 is 1.79 bits per heavy atom. The van der Waals surface area contributed by atoms with E-state index >= 15 is 0 Å². The van der Waals surface area contributed by atoms with Gasteiger partial charge in [-0.1, -0.05) is 43.3 Å². The van der Waals surface area contributed by atoms with Crippen LogP contribution in [0.2, 0.25) is 0 Å². The number of carbonyl (C=O) groups excluding carboxylic acids is 1. The zero-order chi connectivity index (χ0) is 16.2. The van der Waals surface area contributed by atoms with Gasteiger partial charge in [0.05, 0.1) is 6.04 Å². The maximum atomic E-state index is 12.5. The van der Waals surface area contributed by atoms with Gasteiger partial charge in [0, 0.05) is 12.5 Å². The Labute approximate surface area is 150 Å². The average molecular weight is 347 g/mol. The van der Waals surface area contributed by atoms with E-state index in [2.05, 4.69) is 42.6 Å². The average Bonchev–Trinajstić information content (AvgIpc) is 2.59. The topological polar surface area (TPSA) is 55.1 Å². The van der Waals surface area contributed by atoms with Gasteiger partial charge >= 0.3 is 0 Å². The van der Waals surface area contributed by atoms with Gasteiger partial charge in [-0.15, -0.1) is 12.4 Å². The van der Waals surface area contributed by atoms with Crippen LogP contribution < -0.4 is 11.1 Å². The Morgan fingerprint density at radius 3 is 2.46 bits per heavy atom. The van der Waals surface area contributed by atoms with Crippen LogP contribution in [0.25, 0.3) is 10.8 Å². The van der Waals surface area contributed by atoms with Gasteiger partial charge in [-0.3, -0.25) is 4.79 Å². The molecule has 3 rings (SSSR count). The molecule has 0 heterocycles. The summed E-state index contributed by atoms with van der Waals surface area (Å²) in [6, 6.07) is 14.5. The van der Waals surface area contributed by atoms with Gasteiger partial charge in [0.1, 0.15) is 0 Å². The lowest BCUT2D eigenvalue weighted by molar-refractivity contribution is -0.126. The minimum Gasteiger partial charge on any atom is -0.348 e. The molecule has 0 spiro atoms. The van der Waals surface area contributed by atoms with Gasteiger partial charge < -0.3 is 11.1 Å². The van der Waals surface area contributed by atoms with Crippen LogP contribution in [0.1, 0.15) is 44.2 Å². The number of fused-ring (bicyclic) bond motifs is 1. The molecule has 3 N–H and O–H groups in total. The number of hydrogen-bond donors (Lipinski definition) is 2.